The Morgan fingerprint density at radius 1 is 1.07 bits per heavy atom. The number of nitrogens with zero attached hydrogens (tertiary/aromatic N) is 5. The van der Waals surface area contributed by atoms with Gasteiger partial charge in [0.05, 0.1) is 5.69 Å². The molecule has 12 heteroatoms. The van der Waals surface area contributed by atoms with E-state index >= 15 is 0 Å². The molecule has 4 aromatic rings. The van der Waals surface area contributed by atoms with E-state index < -0.39 is 5.82 Å². The third-order valence-electron chi connectivity index (χ3n) is 8.08. The average molecular weight is 618 g/mol. The predicted octanol–water partition coefficient (Wildman–Crippen LogP) is 5.32. The number of phenols is 1. The van der Waals surface area contributed by atoms with Crippen LogP contribution in [0.25, 0.3) is 11.3 Å². The molecule has 228 valence electrons. The monoisotopic (exact) mass is 617 g/mol. The van der Waals surface area contributed by atoms with Gasteiger partial charge < -0.3 is 25.4 Å². The third kappa shape index (κ3) is 7.07. The fourth-order valence-electron chi connectivity index (χ4n) is 5.45. The zero-order valence-electron chi connectivity index (χ0n) is 24.2. The highest BCUT2D eigenvalue weighted by Gasteiger charge is 2.38. The van der Waals surface area contributed by atoms with Crippen LogP contribution < -0.4 is 15.4 Å². The topological polar surface area (TPSA) is 116 Å². The Labute approximate surface area is 259 Å². The first kappa shape index (κ1) is 29.7. The molecule has 0 radical (unpaired) electrons. The number of halogens is 2. The van der Waals surface area contributed by atoms with Gasteiger partial charge >= 0.3 is 0 Å². The number of pyridine rings is 1. The molecule has 3 N–H and O–H groups in total. The van der Waals surface area contributed by atoms with Crippen molar-refractivity contribution in [2.75, 3.05) is 43.9 Å². The molecule has 1 aliphatic carbocycles. The number of likely N-dealkylation sites (N-methyl/N-ethyl adjacent to an activating group) is 1. The molecule has 1 amide bonds. The van der Waals surface area contributed by atoms with Gasteiger partial charge in [0.2, 0.25) is 5.91 Å². The largest absolute Gasteiger partial charge is 0.508 e. The van der Waals surface area contributed by atoms with Crippen molar-refractivity contribution in [1.82, 2.24) is 25.0 Å². The molecule has 1 aliphatic heterocycles. The van der Waals surface area contributed by atoms with Crippen molar-refractivity contribution in [3.05, 3.63) is 83.3 Å². The van der Waals surface area contributed by atoms with Gasteiger partial charge in [0.1, 0.15) is 29.7 Å². The van der Waals surface area contributed by atoms with Crippen LogP contribution in [0.5, 0.6) is 11.6 Å². The second-order valence-electron chi connectivity index (χ2n) is 11.2. The molecule has 1 saturated carbocycles. The first-order chi connectivity index (χ1) is 21.3. The summed E-state index contributed by atoms with van der Waals surface area (Å²) in [5, 5.41) is 24.8. The van der Waals surface area contributed by atoms with E-state index in [1.807, 2.05) is 6.07 Å². The van der Waals surface area contributed by atoms with Crippen molar-refractivity contribution in [3.63, 3.8) is 0 Å². The number of benzene rings is 2. The Morgan fingerprint density at radius 3 is 2.68 bits per heavy atom. The maximum absolute atomic E-state index is 14.7. The number of phenolic OH excluding ortho intramolecular Hbond substituents is 1. The van der Waals surface area contributed by atoms with Crippen molar-refractivity contribution < 1.29 is 19.0 Å². The quantitative estimate of drug-likeness (QED) is 0.229. The van der Waals surface area contributed by atoms with E-state index in [1.165, 1.54) is 18.2 Å². The second kappa shape index (κ2) is 13.1. The number of aromatic hydroxyl groups is 1. The second-order valence-corrected chi connectivity index (χ2v) is 11.7. The lowest BCUT2D eigenvalue weighted by atomic mass is 9.78. The number of piperazine rings is 1. The summed E-state index contributed by atoms with van der Waals surface area (Å²) in [4.78, 5) is 22.2. The zero-order chi connectivity index (χ0) is 30.6. The van der Waals surface area contributed by atoms with Gasteiger partial charge in [-0.3, -0.25) is 9.69 Å². The minimum Gasteiger partial charge on any atom is -0.508 e. The van der Waals surface area contributed by atoms with Crippen LogP contribution >= 0.6 is 11.6 Å². The summed E-state index contributed by atoms with van der Waals surface area (Å²) in [6, 6.07) is 16.4. The first-order valence-corrected chi connectivity index (χ1v) is 14.9. The Balaban J connectivity index is 1.17. The molecule has 1 saturated heterocycles. The Bertz CT molecular complexity index is 1640. The fraction of sp³-hybridized carbons (Fsp3) is 0.312. The molecule has 6 rings (SSSR count). The summed E-state index contributed by atoms with van der Waals surface area (Å²) in [5.74, 6) is 0.0996. The fourth-order valence-corrected chi connectivity index (χ4v) is 5.62. The lowest BCUT2D eigenvalue weighted by molar-refractivity contribution is -0.124. The molecule has 2 aliphatic rings. The smallest absolute Gasteiger partial charge is 0.257 e. The number of carbonyl (C=O) groups is 1. The highest BCUT2D eigenvalue weighted by Crippen LogP contribution is 2.35. The van der Waals surface area contributed by atoms with Crippen LogP contribution in [0.2, 0.25) is 5.02 Å². The molecule has 0 bridgehead atoms. The molecular weight excluding hydrogens is 585 g/mol. The van der Waals surface area contributed by atoms with Crippen LogP contribution in [0.15, 0.2) is 66.9 Å². The Hall–Kier alpha value is -4.32. The summed E-state index contributed by atoms with van der Waals surface area (Å²) in [5.41, 5.74) is 2.17. The molecule has 0 atom stereocenters. The van der Waals surface area contributed by atoms with Crippen molar-refractivity contribution in [2.45, 2.75) is 25.5 Å². The van der Waals surface area contributed by atoms with Crippen LogP contribution in [-0.4, -0.2) is 75.3 Å². The predicted molar refractivity (Wildman–Crippen MR) is 167 cm³/mol. The summed E-state index contributed by atoms with van der Waals surface area (Å²) in [6.07, 6.45) is 3.28. The van der Waals surface area contributed by atoms with E-state index in [1.54, 1.807) is 42.6 Å². The Morgan fingerprint density at radius 2 is 1.89 bits per heavy atom. The van der Waals surface area contributed by atoms with E-state index in [2.05, 4.69) is 42.7 Å². The Kier molecular flexibility index (Phi) is 8.87. The lowest BCUT2D eigenvalue weighted by Crippen LogP contribution is -2.54. The van der Waals surface area contributed by atoms with Crippen molar-refractivity contribution in [3.8, 4) is 22.9 Å². The number of rotatable bonds is 9. The van der Waals surface area contributed by atoms with Crippen molar-refractivity contribution >= 4 is 34.7 Å². The number of ether oxygens (including phenoxy) is 1. The zero-order valence-corrected chi connectivity index (χ0v) is 25.0. The highest BCUT2D eigenvalue weighted by atomic mass is 35.5. The number of nitrogens with one attached hydrogen (secondary N) is 2. The number of amides is 1. The summed E-state index contributed by atoms with van der Waals surface area (Å²) >= 11 is 6.13. The van der Waals surface area contributed by atoms with E-state index in [0.717, 1.165) is 44.6 Å². The summed E-state index contributed by atoms with van der Waals surface area (Å²) in [7, 11) is 2.14. The summed E-state index contributed by atoms with van der Waals surface area (Å²) < 4.78 is 20.6. The third-order valence-corrected chi connectivity index (χ3v) is 8.31. The number of carbonyl (C=O) groups excluding carboxylic acids is 1. The maximum Gasteiger partial charge on any atom is 0.257 e. The van der Waals surface area contributed by atoms with Gasteiger partial charge in [-0.25, -0.2) is 9.37 Å². The minimum atomic E-state index is -0.497. The maximum atomic E-state index is 14.7. The van der Waals surface area contributed by atoms with E-state index in [9.17, 15) is 14.3 Å². The van der Waals surface area contributed by atoms with E-state index in [0.29, 0.717) is 28.3 Å². The molecule has 3 heterocycles. The van der Waals surface area contributed by atoms with Gasteiger partial charge in [0, 0.05) is 66.7 Å². The molecule has 2 aromatic carbocycles. The molecule has 2 aromatic heterocycles. The lowest BCUT2D eigenvalue weighted by Gasteiger charge is -2.45. The number of anilines is 3. The number of hydrogen-bond acceptors (Lipinski definition) is 9. The standard InChI is InChI=1S/C32H33ClFN7O3/c1-40-9-11-41(12-10-40)24-14-21(15-24)31(43)37-30-17-23(7-8-35-30)36-29-18-28(26-16-22(33)5-6-27(26)34)38-39-32(29)44-19-20-3-2-4-25(42)13-20/h2-8,13,16-18,21,24,42H,9-12,14-15,19H2,1H3,(H2,35,36,37,38,43). The van der Waals surface area contributed by atoms with Gasteiger partial charge in [0.15, 0.2) is 0 Å². The van der Waals surface area contributed by atoms with Crippen LogP contribution in [-0.2, 0) is 11.4 Å². The van der Waals surface area contributed by atoms with Crippen LogP contribution in [0.1, 0.15) is 18.4 Å². The molecule has 0 unspecified atom stereocenters. The van der Waals surface area contributed by atoms with Gasteiger partial charge in [-0.2, -0.15) is 0 Å². The molecule has 10 nitrogen and oxygen atoms in total. The minimum absolute atomic E-state index is 0.0422. The van der Waals surface area contributed by atoms with Crippen LogP contribution in [0, 0.1) is 11.7 Å². The van der Waals surface area contributed by atoms with Crippen molar-refractivity contribution in [2.24, 2.45) is 5.92 Å². The van der Waals surface area contributed by atoms with Gasteiger partial charge in [0.25, 0.3) is 5.88 Å². The average Bonchev–Trinajstić information content (AvgIpc) is 2.98. The molecule has 44 heavy (non-hydrogen) atoms. The van der Waals surface area contributed by atoms with Gasteiger partial charge in [-0.05, 0) is 67.9 Å². The highest BCUT2D eigenvalue weighted by molar-refractivity contribution is 6.30. The molecular formula is C32H33ClFN7O3. The van der Waals surface area contributed by atoms with Gasteiger partial charge in [-0.15, -0.1) is 10.2 Å². The van der Waals surface area contributed by atoms with Crippen LogP contribution in [0.3, 0.4) is 0 Å². The summed E-state index contributed by atoms with van der Waals surface area (Å²) in [6.45, 7) is 4.31. The van der Waals surface area contributed by atoms with Gasteiger partial charge in [-0.1, -0.05) is 23.7 Å². The molecule has 0 spiro atoms. The normalized spacial score (nSPS) is 18.8. The van der Waals surface area contributed by atoms with Crippen molar-refractivity contribution in [1.29, 1.82) is 0 Å². The number of aromatic nitrogens is 3. The number of hydrogen-bond donors (Lipinski definition) is 3. The van der Waals surface area contributed by atoms with Crippen LogP contribution in [0.4, 0.5) is 21.6 Å². The SMILES string of the molecule is CN1CCN(C2CC(C(=O)Nc3cc(Nc4cc(-c5cc(Cl)ccc5F)nnc4OCc4cccc(O)c4)ccn3)C2)CC1. The van der Waals surface area contributed by atoms with E-state index in [4.69, 9.17) is 16.3 Å². The van der Waals surface area contributed by atoms with E-state index in [-0.39, 0.29) is 41.3 Å². The molecule has 2 fully saturated rings. The first-order valence-electron chi connectivity index (χ1n) is 14.5.